The minimum Gasteiger partial charge on any atom is -0.481 e. The van der Waals surface area contributed by atoms with Crippen molar-refractivity contribution in [2.75, 3.05) is 7.11 Å². The molecule has 7 nitrogen and oxygen atoms in total. The van der Waals surface area contributed by atoms with E-state index in [2.05, 4.69) is 37.2 Å². The van der Waals surface area contributed by atoms with Crippen LogP contribution in [0.15, 0.2) is 48.7 Å². The number of benzene rings is 1. The van der Waals surface area contributed by atoms with Crippen molar-refractivity contribution in [2.45, 2.75) is 31.8 Å². The number of amides is 1. The van der Waals surface area contributed by atoms with Crippen molar-refractivity contribution in [2.24, 2.45) is 0 Å². The second-order valence-electron chi connectivity index (χ2n) is 6.60. The van der Waals surface area contributed by atoms with E-state index in [-0.39, 0.29) is 11.9 Å². The average Bonchev–Trinajstić information content (AvgIpc) is 3.11. The highest BCUT2D eigenvalue weighted by molar-refractivity contribution is 5.94. The van der Waals surface area contributed by atoms with Gasteiger partial charge < -0.3 is 14.6 Å². The van der Waals surface area contributed by atoms with Crippen molar-refractivity contribution in [3.05, 3.63) is 71.4 Å². The molecule has 27 heavy (non-hydrogen) atoms. The maximum atomic E-state index is 12.5. The summed E-state index contributed by atoms with van der Waals surface area (Å²) in [6, 6.07) is 13.7. The maximum absolute atomic E-state index is 12.5. The van der Waals surface area contributed by atoms with Gasteiger partial charge in [0.1, 0.15) is 11.6 Å². The van der Waals surface area contributed by atoms with E-state index < -0.39 is 0 Å². The van der Waals surface area contributed by atoms with E-state index in [1.807, 2.05) is 18.2 Å². The largest absolute Gasteiger partial charge is 0.481 e. The van der Waals surface area contributed by atoms with Gasteiger partial charge in [0.25, 0.3) is 5.91 Å². The third kappa shape index (κ3) is 3.81. The molecule has 1 aliphatic heterocycles. The van der Waals surface area contributed by atoms with Crippen LogP contribution in [-0.2, 0) is 19.4 Å². The van der Waals surface area contributed by atoms with Gasteiger partial charge in [-0.2, -0.15) is 0 Å². The molecule has 0 aliphatic carbocycles. The predicted molar refractivity (Wildman–Crippen MR) is 99.6 cm³/mol. The molecule has 0 saturated heterocycles. The smallest absolute Gasteiger partial charge is 0.253 e. The van der Waals surface area contributed by atoms with Crippen molar-refractivity contribution < 1.29 is 9.53 Å². The molecule has 0 unspecified atom stereocenters. The fourth-order valence-corrected chi connectivity index (χ4v) is 3.31. The molecule has 1 aromatic carbocycles. The van der Waals surface area contributed by atoms with Gasteiger partial charge in [-0.3, -0.25) is 4.79 Å². The standard InChI is InChI=1S/C20H21N5O2/c1-27-19-10-7-15(12-21-19)20(26)22-16-8-9-17-23-24-18(25(17)13-16)11-14-5-3-2-4-6-14/h2-7,10,12,16H,8-9,11,13H2,1H3,(H,22,26)/t16-/m1/s1. The number of aryl methyl sites for hydroxylation is 1. The third-order valence-electron chi connectivity index (χ3n) is 4.77. The minimum atomic E-state index is -0.128. The zero-order valence-electron chi connectivity index (χ0n) is 15.1. The first-order valence-corrected chi connectivity index (χ1v) is 8.98. The Kier molecular flexibility index (Phi) is 4.82. The Bertz CT molecular complexity index is 921. The van der Waals surface area contributed by atoms with Crippen molar-refractivity contribution in [1.29, 1.82) is 0 Å². The Labute approximate surface area is 157 Å². The molecule has 1 N–H and O–H groups in total. The number of hydrogen-bond donors (Lipinski definition) is 1. The molecule has 0 radical (unpaired) electrons. The number of rotatable bonds is 5. The summed E-state index contributed by atoms with van der Waals surface area (Å²) in [4.78, 5) is 16.6. The van der Waals surface area contributed by atoms with E-state index in [0.717, 1.165) is 30.9 Å². The number of aromatic nitrogens is 4. The fourth-order valence-electron chi connectivity index (χ4n) is 3.31. The molecule has 2 aromatic heterocycles. The monoisotopic (exact) mass is 363 g/mol. The lowest BCUT2D eigenvalue weighted by molar-refractivity contribution is 0.0927. The number of pyridine rings is 1. The summed E-state index contributed by atoms with van der Waals surface area (Å²) >= 11 is 0. The lowest BCUT2D eigenvalue weighted by Gasteiger charge is -2.25. The van der Waals surface area contributed by atoms with Crippen molar-refractivity contribution in [1.82, 2.24) is 25.1 Å². The van der Waals surface area contributed by atoms with Crippen LogP contribution in [0.2, 0.25) is 0 Å². The summed E-state index contributed by atoms with van der Waals surface area (Å²) in [7, 11) is 1.55. The summed E-state index contributed by atoms with van der Waals surface area (Å²) in [6.45, 7) is 0.680. The molecule has 3 aromatic rings. The predicted octanol–water partition coefficient (Wildman–Crippen LogP) is 2.02. The number of hydrogen-bond acceptors (Lipinski definition) is 5. The lowest BCUT2D eigenvalue weighted by Crippen LogP contribution is -2.41. The van der Waals surface area contributed by atoms with Crippen molar-refractivity contribution >= 4 is 5.91 Å². The van der Waals surface area contributed by atoms with Gasteiger partial charge in [-0.15, -0.1) is 10.2 Å². The van der Waals surface area contributed by atoms with Crippen LogP contribution < -0.4 is 10.1 Å². The summed E-state index contributed by atoms with van der Waals surface area (Å²) < 4.78 is 7.16. The highest BCUT2D eigenvalue weighted by atomic mass is 16.5. The van der Waals surface area contributed by atoms with Gasteiger partial charge in [-0.1, -0.05) is 30.3 Å². The Hall–Kier alpha value is -3.22. The lowest BCUT2D eigenvalue weighted by atomic mass is 10.1. The van der Waals surface area contributed by atoms with E-state index in [1.165, 1.54) is 11.8 Å². The molecule has 3 heterocycles. The Morgan fingerprint density at radius 2 is 2.07 bits per heavy atom. The number of nitrogens with one attached hydrogen (secondary N) is 1. The number of nitrogens with zero attached hydrogens (tertiary/aromatic N) is 4. The van der Waals surface area contributed by atoms with E-state index in [0.29, 0.717) is 18.0 Å². The first kappa shape index (κ1) is 17.2. The SMILES string of the molecule is COc1ccc(C(=O)N[C@@H]2CCc3nnc(Cc4ccccc4)n3C2)cn1. The Morgan fingerprint density at radius 3 is 2.81 bits per heavy atom. The maximum Gasteiger partial charge on any atom is 0.253 e. The molecule has 0 spiro atoms. The minimum absolute atomic E-state index is 0.0395. The molecule has 0 fully saturated rings. The molecular weight excluding hydrogens is 342 g/mol. The molecule has 0 saturated carbocycles. The van der Waals surface area contributed by atoms with Gasteiger partial charge in [0.15, 0.2) is 0 Å². The molecule has 1 aliphatic rings. The van der Waals surface area contributed by atoms with Crippen LogP contribution in [0.1, 0.15) is 34.0 Å². The van der Waals surface area contributed by atoms with Crippen LogP contribution in [-0.4, -0.2) is 38.8 Å². The van der Waals surface area contributed by atoms with Crippen molar-refractivity contribution in [3.8, 4) is 5.88 Å². The summed E-state index contributed by atoms with van der Waals surface area (Å²) in [5.41, 5.74) is 1.72. The third-order valence-corrected chi connectivity index (χ3v) is 4.77. The number of carbonyl (C=O) groups is 1. The van der Waals surface area contributed by atoms with E-state index in [9.17, 15) is 4.79 Å². The molecule has 0 bridgehead atoms. The Balaban J connectivity index is 1.44. The first-order chi connectivity index (χ1) is 13.2. The van der Waals surface area contributed by atoms with Crippen LogP contribution >= 0.6 is 0 Å². The van der Waals surface area contributed by atoms with Crippen LogP contribution in [0.25, 0.3) is 0 Å². The van der Waals surface area contributed by atoms with E-state index >= 15 is 0 Å². The van der Waals surface area contributed by atoms with Crippen LogP contribution in [0.4, 0.5) is 0 Å². The topological polar surface area (TPSA) is 81.9 Å². The number of ether oxygens (including phenoxy) is 1. The fraction of sp³-hybridized carbons (Fsp3) is 0.300. The van der Waals surface area contributed by atoms with Gasteiger partial charge in [0.05, 0.1) is 12.7 Å². The number of fused-ring (bicyclic) bond motifs is 1. The molecule has 1 atom stereocenters. The Morgan fingerprint density at radius 1 is 1.22 bits per heavy atom. The molecule has 7 heteroatoms. The molecular formula is C20H21N5O2. The zero-order chi connectivity index (χ0) is 18.6. The van der Waals surface area contributed by atoms with Crippen LogP contribution in [0, 0.1) is 0 Å². The highest BCUT2D eigenvalue weighted by Gasteiger charge is 2.24. The number of carbonyl (C=O) groups excluding carboxylic acids is 1. The highest BCUT2D eigenvalue weighted by Crippen LogP contribution is 2.18. The first-order valence-electron chi connectivity index (χ1n) is 8.98. The molecule has 4 rings (SSSR count). The second kappa shape index (κ2) is 7.57. The van der Waals surface area contributed by atoms with Gasteiger partial charge in [0, 0.05) is 37.7 Å². The second-order valence-corrected chi connectivity index (χ2v) is 6.60. The summed E-state index contributed by atoms with van der Waals surface area (Å²) in [5, 5.41) is 11.8. The quantitative estimate of drug-likeness (QED) is 0.750. The summed E-state index contributed by atoms with van der Waals surface area (Å²) in [6.07, 6.45) is 3.91. The molecule has 1 amide bonds. The number of methoxy groups -OCH3 is 1. The van der Waals surface area contributed by atoms with Crippen molar-refractivity contribution in [3.63, 3.8) is 0 Å². The van der Waals surface area contributed by atoms with Gasteiger partial charge >= 0.3 is 0 Å². The van der Waals surface area contributed by atoms with E-state index in [1.54, 1.807) is 19.2 Å². The zero-order valence-corrected chi connectivity index (χ0v) is 15.1. The van der Waals surface area contributed by atoms with Gasteiger partial charge in [-0.05, 0) is 18.1 Å². The molecule has 138 valence electrons. The van der Waals surface area contributed by atoms with Crippen LogP contribution in [0.3, 0.4) is 0 Å². The van der Waals surface area contributed by atoms with Crippen LogP contribution in [0.5, 0.6) is 5.88 Å². The average molecular weight is 363 g/mol. The summed E-state index contributed by atoms with van der Waals surface area (Å²) in [5.74, 6) is 2.28. The normalized spacial score (nSPS) is 15.8. The van der Waals surface area contributed by atoms with Gasteiger partial charge in [-0.25, -0.2) is 4.98 Å². The van der Waals surface area contributed by atoms with Gasteiger partial charge in [0.2, 0.25) is 5.88 Å². The van der Waals surface area contributed by atoms with E-state index in [4.69, 9.17) is 4.74 Å².